The summed E-state index contributed by atoms with van der Waals surface area (Å²) in [5.74, 6) is -0.0546. The Morgan fingerprint density at radius 3 is 2.16 bits per heavy atom. The highest BCUT2D eigenvalue weighted by atomic mass is 16.5. The lowest BCUT2D eigenvalue weighted by atomic mass is 9.65. The fraction of sp³-hybridized carbons (Fsp3) is 0.682. The van der Waals surface area contributed by atoms with E-state index >= 15 is 0 Å². The zero-order valence-electron chi connectivity index (χ0n) is 16.8. The number of hydrogen-bond donors (Lipinski definition) is 0. The van der Waals surface area contributed by atoms with Crippen molar-refractivity contribution in [2.24, 2.45) is 0 Å². The number of esters is 1. The van der Waals surface area contributed by atoms with E-state index in [1.807, 2.05) is 6.92 Å². The molecule has 25 heavy (non-hydrogen) atoms. The predicted octanol–water partition coefficient (Wildman–Crippen LogP) is 6.34. The summed E-state index contributed by atoms with van der Waals surface area (Å²) in [5.41, 5.74) is 2.06. The Kier molecular flexibility index (Phi) is 16.7. The van der Waals surface area contributed by atoms with Gasteiger partial charge in [-0.1, -0.05) is 75.2 Å². The van der Waals surface area contributed by atoms with Gasteiger partial charge in [0.15, 0.2) is 7.28 Å². The van der Waals surface area contributed by atoms with Crippen LogP contribution in [0.1, 0.15) is 84.5 Å². The Balaban J connectivity index is 3.28. The first-order chi connectivity index (χ1) is 12.1. The van der Waals surface area contributed by atoms with Gasteiger partial charge in [0, 0.05) is 6.42 Å². The van der Waals surface area contributed by atoms with E-state index < -0.39 is 0 Å². The van der Waals surface area contributed by atoms with E-state index in [1.54, 1.807) is 0 Å². The molecule has 0 atom stereocenters. The van der Waals surface area contributed by atoms with Gasteiger partial charge in [0.05, 0.1) is 6.61 Å². The number of allylic oxidation sites excluding steroid dienone is 4. The summed E-state index contributed by atoms with van der Waals surface area (Å²) in [6.45, 7) is 12.4. The van der Waals surface area contributed by atoms with Gasteiger partial charge in [-0.25, -0.2) is 0 Å². The van der Waals surface area contributed by atoms with Crippen LogP contribution < -0.4 is 0 Å². The summed E-state index contributed by atoms with van der Waals surface area (Å²) >= 11 is 0. The van der Waals surface area contributed by atoms with Crippen molar-refractivity contribution < 1.29 is 9.53 Å². The van der Waals surface area contributed by atoms with E-state index in [0.717, 1.165) is 43.9 Å². The smallest absolute Gasteiger partial charge is 0.305 e. The van der Waals surface area contributed by atoms with Gasteiger partial charge in [-0.05, 0) is 38.9 Å². The number of hydrogen-bond acceptors (Lipinski definition) is 2. The molecule has 0 saturated heterocycles. The van der Waals surface area contributed by atoms with Crippen LogP contribution in [0.3, 0.4) is 0 Å². The lowest BCUT2D eigenvalue weighted by molar-refractivity contribution is -0.143. The van der Waals surface area contributed by atoms with E-state index in [4.69, 9.17) is 4.74 Å². The Hall–Kier alpha value is -1.25. The molecule has 0 aliphatic carbocycles. The molecule has 0 spiro atoms. The van der Waals surface area contributed by atoms with E-state index in [1.165, 1.54) is 44.9 Å². The first-order valence-corrected chi connectivity index (χ1v) is 10.2. The molecule has 3 heteroatoms. The van der Waals surface area contributed by atoms with Crippen LogP contribution in [-0.2, 0) is 9.53 Å². The Labute approximate surface area is 157 Å². The molecule has 0 heterocycles. The second kappa shape index (κ2) is 17.6. The molecule has 0 saturated carbocycles. The summed E-state index contributed by atoms with van der Waals surface area (Å²) < 4.78 is 5.26. The van der Waals surface area contributed by atoms with Crippen molar-refractivity contribution in [1.29, 1.82) is 0 Å². The second-order valence-electron chi connectivity index (χ2n) is 6.95. The van der Waals surface area contributed by atoms with E-state index in [0.29, 0.717) is 13.0 Å². The molecular formula is C22H39BO2. The highest BCUT2D eigenvalue weighted by molar-refractivity contribution is 6.46. The lowest BCUT2D eigenvalue weighted by Crippen LogP contribution is -2.08. The molecule has 142 valence electrons. The molecular weight excluding hydrogens is 307 g/mol. The average molecular weight is 346 g/mol. The molecule has 0 aromatic heterocycles. The Bertz CT molecular complexity index is 399. The zero-order valence-corrected chi connectivity index (χ0v) is 16.8. The van der Waals surface area contributed by atoms with Crippen LogP contribution in [0.5, 0.6) is 0 Å². The van der Waals surface area contributed by atoms with Gasteiger partial charge in [-0.2, -0.15) is 0 Å². The van der Waals surface area contributed by atoms with Crippen LogP contribution in [0.4, 0.5) is 0 Å². The maximum Gasteiger partial charge on any atom is 0.305 e. The molecule has 0 amide bonds. The van der Waals surface area contributed by atoms with Crippen LogP contribution in [0.15, 0.2) is 36.4 Å². The molecule has 0 fully saturated rings. The first-order valence-electron chi connectivity index (χ1n) is 10.2. The molecule has 0 aromatic carbocycles. The van der Waals surface area contributed by atoms with Crippen LogP contribution in [-0.4, -0.2) is 19.9 Å². The molecule has 0 aromatic rings. The van der Waals surface area contributed by atoms with Crippen LogP contribution >= 0.6 is 0 Å². The third-order valence-electron chi connectivity index (χ3n) is 4.39. The van der Waals surface area contributed by atoms with Crippen molar-refractivity contribution in [2.75, 3.05) is 6.61 Å². The quantitative estimate of drug-likeness (QED) is 0.101. The minimum absolute atomic E-state index is 0.0546. The predicted molar refractivity (Wildman–Crippen MR) is 112 cm³/mol. The van der Waals surface area contributed by atoms with Crippen LogP contribution in [0, 0.1) is 0 Å². The minimum Gasteiger partial charge on any atom is -0.466 e. The first kappa shape index (κ1) is 23.8. The molecule has 0 aliphatic rings. The highest BCUT2D eigenvalue weighted by Crippen LogP contribution is 2.11. The third kappa shape index (κ3) is 17.4. The maximum atomic E-state index is 11.6. The van der Waals surface area contributed by atoms with E-state index in [9.17, 15) is 4.79 Å². The summed E-state index contributed by atoms with van der Waals surface area (Å²) in [4.78, 5) is 11.6. The van der Waals surface area contributed by atoms with Gasteiger partial charge in [-0.15, -0.1) is 6.58 Å². The normalized spacial score (nSPS) is 10.8. The van der Waals surface area contributed by atoms with Crippen LogP contribution in [0.2, 0.25) is 6.32 Å². The SMILES string of the molecule is C=C(C)C(=C)BCCOC(=O)CCCCCCCCCC/C=C/CC. The van der Waals surface area contributed by atoms with E-state index in [2.05, 4.69) is 32.2 Å². The highest BCUT2D eigenvalue weighted by Gasteiger charge is 2.04. The minimum atomic E-state index is -0.0546. The van der Waals surface area contributed by atoms with Crippen LogP contribution in [0.25, 0.3) is 0 Å². The largest absolute Gasteiger partial charge is 0.466 e. The van der Waals surface area contributed by atoms with Gasteiger partial charge in [0.25, 0.3) is 0 Å². The molecule has 2 nitrogen and oxygen atoms in total. The molecule has 0 unspecified atom stereocenters. The number of carbonyl (C=O) groups is 1. The van der Waals surface area contributed by atoms with Gasteiger partial charge in [0.1, 0.15) is 0 Å². The fourth-order valence-electron chi connectivity index (χ4n) is 2.63. The van der Waals surface area contributed by atoms with Gasteiger partial charge >= 0.3 is 5.97 Å². The summed E-state index contributed by atoms with van der Waals surface area (Å²) in [6, 6.07) is 0. The van der Waals surface area contributed by atoms with Crippen molar-refractivity contribution >= 4 is 13.2 Å². The number of carbonyl (C=O) groups excluding carboxylic acids is 1. The average Bonchev–Trinajstić information content (AvgIpc) is 2.59. The Morgan fingerprint density at radius 2 is 1.56 bits per heavy atom. The number of ether oxygens (including phenoxy) is 1. The molecule has 0 bridgehead atoms. The molecule has 0 rings (SSSR count). The maximum absolute atomic E-state index is 11.6. The topological polar surface area (TPSA) is 26.3 Å². The monoisotopic (exact) mass is 346 g/mol. The lowest BCUT2D eigenvalue weighted by Gasteiger charge is -2.06. The van der Waals surface area contributed by atoms with Crippen molar-refractivity contribution in [3.63, 3.8) is 0 Å². The van der Waals surface area contributed by atoms with E-state index in [-0.39, 0.29) is 5.97 Å². The second-order valence-corrected chi connectivity index (χ2v) is 6.95. The van der Waals surface area contributed by atoms with Gasteiger partial charge in [-0.3, -0.25) is 4.79 Å². The molecule has 0 radical (unpaired) electrons. The third-order valence-corrected chi connectivity index (χ3v) is 4.39. The van der Waals surface area contributed by atoms with Crippen molar-refractivity contribution in [2.45, 2.75) is 90.8 Å². The van der Waals surface area contributed by atoms with Gasteiger partial charge in [0.2, 0.25) is 0 Å². The van der Waals surface area contributed by atoms with Crippen molar-refractivity contribution in [3.05, 3.63) is 36.4 Å². The number of unbranched alkanes of at least 4 members (excludes halogenated alkanes) is 8. The fourth-order valence-corrected chi connectivity index (χ4v) is 2.63. The standard InChI is InChI=1S/C22H39BO2/c1-5-6-7-8-9-10-11-12-13-14-15-16-17-22(24)25-19-18-23-21(4)20(2)3/h6-7,23H,2,4-5,8-19H2,1,3H3/b7-6+. The molecule has 0 N–H and O–H groups in total. The van der Waals surface area contributed by atoms with Crippen molar-refractivity contribution in [3.8, 4) is 0 Å². The Morgan fingerprint density at radius 1 is 0.960 bits per heavy atom. The zero-order chi connectivity index (χ0) is 18.8. The summed E-state index contributed by atoms with van der Waals surface area (Å²) in [7, 11) is 0.859. The summed E-state index contributed by atoms with van der Waals surface area (Å²) in [5, 5.41) is 0. The molecule has 0 aliphatic heterocycles. The summed E-state index contributed by atoms with van der Waals surface area (Å²) in [6.07, 6.45) is 18.3. The van der Waals surface area contributed by atoms with Crippen molar-refractivity contribution in [1.82, 2.24) is 0 Å². The van der Waals surface area contributed by atoms with Gasteiger partial charge < -0.3 is 4.74 Å². The number of rotatable bonds is 17.